The molecule has 1 aromatic carbocycles. The molecule has 0 N–H and O–H groups in total. The van der Waals surface area contributed by atoms with Crippen molar-refractivity contribution in [1.29, 1.82) is 0 Å². The third-order valence-corrected chi connectivity index (χ3v) is 8.97. The first-order valence-corrected chi connectivity index (χ1v) is 14.5. The van der Waals surface area contributed by atoms with E-state index in [9.17, 15) is 4.79 Å². The van der Waals surface area contributed by atoms with Crippen LogP contribution in [-0.2, 0) is 4.79 Å². The first-order valence-electron chi connectivity index (χ1n) is 14.5. The van der Waals surface area contributed by atoms with Gasteiger partial charge in [-0.25, -0.2) is 0 Å². The summed E-state index contributed by atoms with van der Waals surface area (Å²) in [5.74, 6) is 3.67. The van der Waals surface area contributed by atoms with E-state index in [1.165, 1.54) is 108 Å². The summed E-state index contributed by atoms with van der Waals surface area (Å²) in [6.45, 7) is 7.85. The van der Waals surface area contributed by atoms with Crippen molar-refractivity contribution in [2.75, 3.05) is 11.9 Å². The smallest absolute Gasteiger partial charge is 0.253 e. The Balaban J connectivity index is 1.34. The maximum Gasteiger partial charge on any atom is 0.253 e. The molecule has 0 saturated heterocycles. The van der Waals surface area contributed by atoms with Crippen LogP contribution in [0, 0.1) is 17.8 Å². The Morgan fingerprint density at radius 3 is 1.91 bits per heavy atom. The van der Waals surface area contributed by atoms with Gasteiger partial charge in [0.05, 0.1) is 0 Å². The van der Waals surface area contributed by atoms with Crippen LogP contribution in [0.1, 0.15) is 128 Å². The molecule has 2 saturated carbocycles. The van der Waals surface area contributed by atoms with Crippen LogP contribution in [0.3, 0.4) is 0 Å². The Kier molecular flexibility index (Phi) is 11.2. The molecule has 0 aliphatic heterocycles. The van der Waals surface area contributed by atoms with Crippen molar-refractivity contribution in [2.45, 2.75) is 122 Å². The Labute approximate surface area is 210 Å². The average molecular weight is 466 g/mol. The number of carbonyl (C=O) groups excluding carboxylic acids is 1. The SMILES string of the molecule is C=C(C)C(=O)N(C)c1ccc(C2CCC(C3CCC(CCCCCCCCC)CC3)CC2)cc1. The van der Waals surface area contributed by atoms with Gasteiger partial charge in [-0.3, -0.25) is 4.79 Å². The van der Waals surface area contributed by atoms with E-state index in [-0.39, 0.29) is 5.91 Å². The van der Waals surface area contributed by atoms with E-state index in [0.717, 1.165) is 23.4 Å². The number of hydrogen-bond acceptors (Lipinski definition) is 1. The number of rotatable bonds is 12. The Morgan fingerprint density at radius 2 is 1.35 bits per heavy atom. The zero-order valence-electron chi connectivity index (χ0n) is 22.5. The van der Waals surface area contributed by atoms with Crippen molar-refractivity contribution in [3.05, 3.63) is 42.0 Å². The van der Waals surface area contributed by atoms with E-state index in [2.05, 4.69) is 37.8 Å². The van der Waals surface area contributed by atoms with Gasteiger partial charge in [-0.05, 0) is 86.8 Å². The predicted molar refractivity (Wildman–Crippen MR) is 147 cm³/mol. The summed E-state index contributed by atoms with van der Waals surface area (Å²) in [7, 11) is 1.83. The van der Waals surface area contributed by atoms with Crippen LogP contribution in [-0.4, -0.2) is 13.0 Å². The lowest BCUT2D eigenvalue weighted by molar-refractivity contribution is -0.114. The monoisotopic (exact) mass is 465 g/mol. The molecule has 0 unspecified atom stereocenters. The van der Waals surface area contributed by atoms with Crippen molar-refractivity contribution < 1.29 is 4.79 Å². The third-order valence-electron chi connectivity index (χ3n) is 8.97. The molecule has 0 aromatic heterocycles. The Hall–Kier alpha value is -1.57. The van der Waals surface area contributed by atoms with Crippen LogP contribution in [0.4, 0.5) is 5.69 Å². The molecule has 0 radical (unpaired) electrons. The highest BCUT2D eigenvalue weighted by Gasteiger charge is 2.31. The maximum atomic E-state index is 12.2. The third kappa shape index (κ3) is 7.99. The molecule has 2 heteroatoms. The molecule has 2 aliphatic carbocycles. The lowest BCUT2D eigenvalue weighted by atomic mass is 9.68. The standard InChI is InChI=1S/C32H51NO/c1-5-6-7-8-9-10-11-12-26-13-15-27(16-14-26)28-17-19-29(20-18-28)30-21-23-31(24-22-30)33(4)32(34)25(2)3/h21-24,26-29H,2,5-20H2,1,3-4H3. The summed E-state index contributed by atoms with van der Waals surface area (Å²) in [6.07, 6.45) is 23.1. The number of nitrogens with zero attached hydrogens (tertiary/aromatic N) is 1. The summed E-state index contributed by atoms with van der Waals surface area (Å²) in [4.78, 5) is 13.9. The van der Waals surface area contributed by atoms with E-state index in [4.69, 9.17) is 0 Å². The quantitative estimate of drug-likeness (QED) is 0.222. The first kappa shape index (κ1) is 27.0. The number of hydrogen-bond donors (Lipinski definition) is 0. The van der Waals surface area contributed by atoms with Crippen molar-refractivity contribution in [2.24, 2.45) is 17.8 Å². The highest BCUT2D eigenvalue weighted by atomic mass is 16.2. The number of benzene rings is 1. The fourth-order valence-corrected chi connectivity index (χ4v) is 6.64. The van der Waals surface area contributed by atoms with E-state index in [1.54, 1.807) is 11.8 Å². The minimum atomic E-state index is -0.00890. The topological polar surface area (TPSA) is 20.3 Å². The Bertz CT molecular complexity index is 735. The average Bonchev–Trinajstić information content (AvgIpc) is 2.88. The molecule has 2 fully saturated rings. The maximum absolute atomic E-state index is 12.2. The van der Waals surface area contributed by atoms with Crippen LogP contribution in [0.2, 0.25) is 0 Å². The molecule has 0 atom stereocenters. The van der Waals surface area contributed by atoms with Crippen LogP contribution >= 0.6 is 0 Å². The largest absolute Gasteiger partial charge is 0.312 e. The summed E-state index contributed by atoms with van der Waals surface area (Å²) in [6, 6.07) is 8.71. The second kappa shape index (κ2) is 14.1. The zero-order chi connectivity index (χ0) is 24.3. The van der Waals surface area contributed by atoms with Crippen LogP contribution in [0.15, 0.2) is 36.4 Å². The number of anilines is 1. The number of carbonyl (C=O) groups is 1. The van der Waals surface area contributed by atoms with E-state index >= 15 is 0 Å². The Morgan fingerprint density at radius 1 is 0.824 bits per heavy atom. The highest BCUT2D eigenvalue weighted by Crippen LogP contribution is 2.44. The van der Waals surface area contributed by atoms with E-state index in [0.29, 0.717) is 11.5 Å². The zero-order valence-corrected chi connectivity index (χ0v) is 22.5. The fraction of sp³-hybridized carbons (Fsp3) is 0.719. The second-order valence-corrected chi connectivity index (χ2v) is 11.5. The minimum absolute atomic E-state index is 0.00890. The van der Waals surface area contributed by atoms with Crippen molar-refractivity contribution in [3.63, 3.8) is 0 Å². The van der Waals surface area contributed by atoms with E-state index in [1.807, 2.05) is 7.05 Å². The molecular formula is C32H51NO. The van der Waals surface area contributed by atoms with Crippen LogP contribution < -0.4 is 4.90 Å². The van der Waals surface area contributed by atoms with Gasteiger partial charge in [0.2, 0.25) is 0 Å². The molecule has 1 aromatic rings. The molecule has 0 spiro atoms. The molecule has 0 bridgehead atoms. The molecule has 2 aliphatic rings. The van der Waals surface area contributed by atoms with Crippen LogP contribution in [0.5, 0.6) is 0 Å². The van der Waals surface area contributed by atoms with Gasteiger partial charge in [-0.2, -0.15) is 0 Å². The molecule has 1 amide bonds. The van der Waals surface area contributed by atoms with Crippen molar-refractivity contribution in [1.82, 2.24) is 0 Å². The van der Waals surface area contributed by atoms with E-state index < -0.39 is 0 Å². The molecular weight excluding hydrogens is 414 g/mol. The molecule has 3 rings (SSSR count). The lowest BCUT2D eigenvalue weighted by Gasteiger charge is -2.38. The molecule has 2 nitrogen and oxygen atoms in total. The summed E-state index contributed by atoms with van der Waals surface area (Å²) >= 11 is 0. The van der Waals surface area contributed by atoms with Gasteiger partial charge >= 0.3 is 0 Å². The fourth-order valence-electron chi connectivity index (χ4n) is 6.64. The van der Waals surface area contributed by atoms with Crippen molar-refractivity contribution >= 4 is 11.6 Å². The lowest BCUT2D eigenvalue weighted by Crippen LogP contribution is -2.26. The molecule has 190 valence electrons. The van der Waals surface area contributed by atoms with Gasteiger partial charge in [-0.1, -0.05) is 89.8 Å². The van der Waals surface area contributed by atoms with Crippen molar-refractivity contribution in [3.8, 4) is 0 Å². The highest BCUT2D eigenvalue weighted by molar-refractivity contribution is 6.04. The summed E-state index contributed by atoms with van der Waals surface area (Å²) in [5, 5.41) is 0. The van der Waals surface area contributed by atoms with Gasteiger partial charge in [0.1, 0.15) is 0 Å². The van der Waals surface area contributed by atoms with Gasteiger partial charge in [0.15, 0.2) is 0 Å². The van der Waals surface area contributed by atoms with Gasteiger partial charge in [0.25, 0.3) is 5.91 Å². The number of unbranched alkanes of at least 4 members (excludes halogenated alkanes) is 6. The molecule has 34 heavy (non-hydrogen) atoms. The van der Waals surface area contributed by atoms with Gasteiger partial charge < -0.3 is 4.90 Å². The van der Waals surface area contributed by atoms with Gasteiger partial charge in [0, 0.05) is 18.3 Å². The summed E-state index contributed by atoms with van der Waals surface area (Å²) < 4.78 is 0. The van der Waals surface area contributed by atoms with Gasteiger partial charge in [-0.15, -0.1) is 0 Å². The number of likely N-dealkylation sites (N-methyl/N-ethyl adjacent to an activating group) is 1. The number of amides is 1. The minimum Gasteiger partial charge on any atom is -0.312 e. The first-order chi connectivity index (χ1) is 16.5. The second-order valence-electron chi connectivity index (χ2n) is 11.5. The molecule has 0 heterocycles. The normalized spacial score (nSPS) is 25.1. The van der Waals surface area contributed by atoms with Crippen LogP contribution in [0.25, 0.3) is 0 Å². The predicted octanol–water partition coefficient (Wildman–Crippen LogP) is 9.45. The summed E-state index contributed by atoms with van der Waals surface area (Å²) in [5.41, 5.74) is 2.99.